The van der Waals surface area contributed by atoms with Gasteiger partial charge in [0.25, 0.3) is 0 Å². The van der Waals surface area contributed by atoms with Crippen molar-refractivity contribution in [2.75, 3.05) is 5.75 Å². The molecule has 0 aliphatic carbocycles. The quantitative estimate of drug-likeness (QED) is 0.799. The van der Waals surface area contributed by atoms with E-state index in [-0.39, 0.29) is 11.4 Å². The van der Waals surface area contributed by atoms with Crippen molar-refractivity contribution in [2.24, 2.45) is 5.92 Å². The van der Waals surface area contributed by atoms with E-state index in [0.717, 1.165) is 0 Å². The fraction of sp³-hybridized carbons (Fsp3) is 0.909. The summed E-state index contributed by atoms with van der Waals surface area (Å²) in [6, 6.07) is 0. The van der Waals surface area contributed by atoms with Gasteiger partial charge in [-0.15, -0.1) is 0 Å². The molecule has 0 aromatic carbocycles. The molecule has 0 saturated carbocycles. The van der Waals surface area contributed by atoms with Crippen LogP contribution < -0.4 is 0 Å². The number of hydrogen-bond donors (Lipinski definition) is 1. The first kappa shape index (κ1) is 13.6. The topological polar surface area (TPSA) is 63.6 Å². The maximum absolute atomic E-state index is 11.9. The summed E-state index contributed by atoms with van der Waals surface area (Å²) in [5, 5.41) is 8.89. The zero-order valence-electron chi connectivity index (χ0n) is 10.0. The van der Waals surface area contributed by atoms with Crippen LogP contribution in [-0.4, -0.2) is 38.5 Å². The highest BCUT2D eigenvalue weighted by molar-refractivity contribution is 7.85. The fourth-order valence-corrected chi connectivity index (χ4v) is 3.17. The van der Waals surface area contributed by atoms with E-state index in [4.69, 9.17) is 9.84 Å². The summed E-state index contributed by atoms with van der Waals surface area (Å²) in [6.07, 6.45) is 0.389. The van der Waals surface area contributed by atoms with Crippen LogP contribution in [0.25, 0.3) is 0 Å². The third kappa shape index (κ3) is 3.56. The highest BCUT2D eigenvalue weighted by Gasteiger charge is 2.32. The monoisotopic (exact) mass is 248 g/mol. The minimum atomic E-state index is -0.931. The lowest BCUT2D eigenvalue weighted by molar-refractivity contribution is -0.148. The van der Waals surface area contributed by atoms with E-state index >= 15 is 0 Å². The van der Waals surface area contributed by atoms with Gasteiger partial charge < -0.3 is 9.84 Å². The molecule has 0 bridgehead atoms. The van der Waals surface area contributed by atoms with Gasteiger partial charge in [0, 0.05) is 16.0 Å². The van der Waals surface area contributed by atoms with Gasteiger partial charge in [-0.25, -0.2) is 4.79 Å². The van der Waals surface area contributed by atoms with Gasteiger partial charge >= 0.3 is 5.97 Å². The van der Waals surface area contributed by atoms with Crippen LogP contribution in [0.1, 0.15) is 33.6 Å². The molecule has 5 heteroatoms. The smallest absolute Gasteiger partial charge is 0.332 e. The van der Waals surface area contributed by atoms with Crippen molar-refractivity contribution < 1.29 is 18.8 Å². The Bertz CT molecular complexity index is 277. The second-order valence-corrected chi connectivity index (χ2v) is 6.50. The van der Waals surface area contributed by atoms with E-state index in [0.29, 0.717) is 24.5 Å². The molecule has 16 heavy (non-hydrogen) atoms. The number of carboxylic acids is 1. The van der Waals surface area contributed by atoms with Gasteiger partial charge in [-0.3, -0.25) is 4.21 Å². The zero-order chi connectivity index (χ0) is 12.3. The molecule has 1 saturated heterocycles. The average Bonchev–Trinajstić information content (AvgIpc) is 2.64. The van der Waals surface area contributed by atoms with Crippen LogP contribution in [0, 0.1) is 5.92 Å². The standard InChI is InChI=1S/C11H20O4S/c1-7(2)8(3)16(14)6-9-4-5-10(15-9)11(12)13/h7-10H,4-6H2,1-3H3,(H,12,13). The van der Waals surface area contributed by atoms with Crippen LogP contribution >= 0.6 is 0 Å². The molecule has 0 radical (unpaired) electrons. The number of hydrogen-bond acceptors (Lipinski definition) is 3. The van der Waals surface area contributed by atoms with Crippen molar-refractivity contribution in [3.8, 4) is 0 Å². The van der Waals surface area contributed by atoms with Crippen LogP contribution in [-0.2, 0) is 20.3 Å². The first-order chi connectivity index (χ1) is 7.41. The molecule has 4 unspecified atom stereocenters. The summed E-state index contributed by atoms with van der Waals surface area (Å²) in [7, 11) is -0.931. The molecule has 1 N–H and O–H groups in total. The molecule has 94 valence electrons. The molecule has 1 heterocycles. The van der Waals surface area contributed by atoms with Gasteiger partial charge in [0.15, 0.2) is 6.10 Å². The summed E-state index contributed by atoms with van der Waals surface area (Å²) in [4.78, 5) is 10.7. The first-order valence-electron chi connectivity index (χ1n) is 5.67. The molecule has 0 spiro atoms. The van der Waals surface area contributed by atoms with E-state index < -0.39 is 22.9 Å². The molecular weight excluding hydrogens is 228 g/mol. The molecule has 0 amide bonds. The Morgan fingerprint density at radius 2 is 2.06 bits per heavy atom. The number of carboxylic acid groups (broad SMARTS) is 1. The molecule has 0 aromatic heterocycles. The molecule has 1 rings (SSSR count). The Balaban J connectivity index is 2.40. The Morgan fingerprint density at radius 1 is 1.44 bits per heavy atom. The van der Waals surface area contributed by atoms with Crippen molar-refractivity contribution in [3.05, 3.63) is 0 Å². The second kappa shape index (κ2) is 5.77. The van der Waals surface area contributed by atoms with Gasteiger partial charge in [-0.1, -0.05) is 20.8 Å². The van der Waals surface area contributed by atoms with E-state index in [2.05, 4.69) is 0 Å². The van der Waals surface area contributed by atoms with E-state index in [1.54, 1.807) is 0 Å². The molecular formula is C11H20O4S. The third-order valence-electron chi connectivity index (χ3n) is 3.09. The lowest BCUT2D eigenvalue weighted by Gasteiger charge is -2.17. The summed E-state index contributed by atoms with van der Waals surface area (Å²) in [5.41, 5.74) is 0. The predicted octanol–water partition coefficient (Wildman–Crippen LogP) is 1.41. The highest BCUT2D eigenvalue weighted by atomic mass is 32.2. The molecule has 1 fully saturated rings. The van der Waals surface area contributed by atoms with E-state index in [1.807, 2.05) is 20.8 Å². The Morgan fingerprint density at radius 3 is 2.50 bits per heavy atom. The maximum Gasteiger partial charge on any atom is 0.332 e. The predicted molar refractivity (Wildman–Crippen MR) is 62.8 cm³/mol. The van der Waals surface area contributed by atoms with Gasteiger partial charge in [0.05, 0.1) is 11.9 Å². The highest BCUT2D eigenvalue weighted by Crippen LogP contribution is 2.22. The van der Waals surface area contributed by atoms with Crippen molar-refractivity contribution in [2.45, 2.75) is 51.1 Å². The van der Waals surface area contributed by atoms with Crippen LogP contribution in [0.4, 0.5) is 0 Å². The number of rotatable bonds is 5. The second-order valence-electron chi connectivity index (χ2n) is 4.66. The first-order valence-corrected chi connectivity index (χ1v) is 7.05. The van der Waals surface area contributed by atoms with Crippen molar-refractivity contribution in [3.63, 3.8) is 0 Å². The van der Waals surface area contributed by atoms with Crippen molar-refractivity contribution in [1.29, 1.82) is 0 Å². The van der Waals surface area contributed by atoms with Crippen LogP contribution in [0.3, 0.4) is 0 Å². The van der Waals surface area contributed by atoms with Crippen molar-refractivity contribution >= 4 is 16.8 Å². The number of carbonyl (C=O) groups is 1. The molecule has 1 aliphatic rings. The van der Waals surface area contributed by atoms with Crippen LogP contribution in [0.2, 0.25) is 0 Å². The molecule has 0 aromatic rings. The number of ether oxygens (including phenoxy) is 1. The SMILES string of the molecule is CC(C)C(C)S(=O)CC1CCC(C(=O)O)O1. The molecule has 1 aliphatic heterocycles. The fourth-order valence-electron chi connectivity index (χ4n) is 1.65. The van der Waals surface area contributed by atoms with Crippen LogP contribution in [0.5, 0.6) is 0 Å². The Labute approximate surface area is 98.8 Å². The summed E-state index contributed by atoms with van der Waals surface area (Å²) in [5.74, 6) is -0.0777. The van der Waals surface area contributed by atoms with Gasteiger partial charge in [-0.05, 0) is 18.8 Å². The Hall–Kier alpha value is -0.420. The lowest BCUT2D eigenvalue weighted by Crippen LogP contribution is -2.28. The number of aliphatic carboxylic acids is 1. The minimum absolute atomic E-state index is 0.132. The summed E-state index contributed by atoms with van der Waals surface area (Å²) in [6.45, 7) is 6.04. The molecule has 4 nitrogen and oxygen atoms in total. The van der Waals surface area contributed by atoms with E-state index in [9.17, 15) is 9.00 Å². The normalized spacial score (nSPS) is 29.2. The minimum Gasteiger partial charge on any atom is -0.479 e. The Kier molecular flexibility index (Phi) is 4.92. The summed E-state index contributed by atoms with van der Waals surface area (Å²) < 4.78 is 17.2. The van der Waals surface area contributed by atoms with Gasteiger partial charge in [0.2, 0.25) is 0 Å². The average molecular weight is 248 g/mol. The molecule has 4 atom stereocenters. The van der Waals surface area contributed by atoms with Crippen molar-refractivity contribution in [1.82, 2.24) is 0 Å². The van der Waals surface area contributed by atoms with Gasteiger partial charge in [-0.2, -0.15) is 0 Å². The van der Waals surface area contributed by atoms with Crippen LogP contribution in [0.15, 0.2) is 0 Å². The zero-order valence-corrected chi connectivity index (χ0v) is 10.8. The van der Waals surface area contributed by atoms with E-state index in [1.165, 1.54) is 0 Å². The lowest BCUT2D eigenvalue weighted by atomic mass is 10.2. The summed E-state index contributed by atoms with van der Waals surface area (Å²) >= 11 is 0. The third-order valence-corrected chi connectivity index (χ3v) is 5.16. The van der Waals surface area contributed by atoms with Gasteiger partial charge in [0.1, 0.15) is 0 Å². The maximum atomic E-state index is 11.9. The largest absolute Gasteiger partial charge is 0.479 e.